The minimum atomic E-state index is -5.74. The average Bonchev–Trinajstić information content (AvgIpc) is 3.52. The van der Waals surface area contributed by atoms with Gasteiger partial charge in [0.05, 0.1) is 4.88 Å². The molecule has 14 heteroatoms. The third kappa shape index (κ3) is 5.12. The summed E-state index contributed by atoms with van der Waals surface area (Å²) in [6.07, 6.45) is 6.64. The Labute approximate surface area is 243 Å². The number of pyridine rings is 1. The number of nitrogens with zero attached hydrogens (tertiary/aromatic N) is 3. The van der Waals surface area contributed by atoms with Crippen molar-refractivity contribution >= 4 is 46.7 Å². The van der Waals surface area contributed by atoms with E-state index in [0.29, 0.717) is 37.1 Å². The molecule has 0 spiro atoms. The lowest BCUT2D eigenvalue weighted by atomic mass is 9.92. The fraction of sp³-hybridized carbons (Fsp3) is 0.429. The smallest absolute Gasteiger partial charge is 0.340 e. The standard InChI is InChI=1S/C28H29F2N4O6PS/c29-28(30,41(38,39)40)19-6-9-23-17(11-19)12-24(42-23)25(35)32-21-5-1-4-20-7-8-22(34(20)26(21)36)27(37)33-14-18(15-33)16-3-2-10-31-13-16/h2-3,6,9-13,18,20-22H,1,4-5,7-8,14-15H2,(H,32,35)(H2,38,39,40)/t20?,21-,22-/m0/s1. The highest BCUT2D eigenvalue weighted by atomic mass is 32.1. The van der Waals surface area contributed by atoms with Crippen molar-refractivity contribution in [1.82, 2.24) is 20.1 Å². The zero-order chi connectivity index (χ0) is 29.8. The first-order valence-corrected chi connectivity index (χ1v) is 16.2. The Balaban J connectivity index is 1.15. The normalized spacial score (nSPS) is 23.4. The van der Waals surface area contributed by atoms with E-state index >= 15 is 0 Å². The van der Waals surface area contributed by atoms with Crippen molar-refractivity contribution < 1.29 is 37.5 Å². The summed E-state index contributed by atoms with van der Waals surface area (Å²) in [6, 6.07) is 6.91. The lowest BCUT2D eigenvalue weighted by molar-refractivity contribution is -0.148. The summed E-state index contributed by atoms with van der Waals surface area (Å²) in [6.45, 7) is 1.14. The van der Waals surface area contributed by atoms with Crippen LogP contribution in [0.3, 0.4) is 0 Å². The van der Waals surface area contributed by atoms with Crippen LogP contribution in [0.15, 0.2) is 48.8 Å². The summed E-state index contributed by atoms with van der Waals surface area (Å²) in [5.74, 6) is -0.714. The molecular weight excluding hydrogens is 589 g/mol. The topological polar surface area (TPSA) is 140 Å². The first kappa shape index (κ1) is 28.9. The van der Waals surface area contributed by atoms with Gasteiger partial charge in [0, 0.05) is 47.7 Å². The van der Waals surface area contributed by atoms with E-state index < -0.39 is 36.8 Å². The highest BCUT2D eigenvalue weighted by Gasteiger charge is 2.50. The number of likely N-dealkylation sites (tertiary alicyclic amines) is 1. The van der Waals surface area contributed by atoms with Crippen molar-refractivity contribution in [2.75, 3.05) is 13.1 Å². The zero-order valence-corrected chi connectivity index (χ0v) is 24.1. The van der Waals surface area contributed by atoms with E-state index in [0.717, 1.165) is 41.9 Å². The molecule has 0 radical (unpaired) electrons. The van der Waals surface area contributed by atoms with Crippen molar-refractivity contribution in [2.24, 2.45) is 0 Å². The van der Waals surface area contributed by atoms with Crippen molar-refractivity contribution in [3.05, 3.63) is 64.8 Å². The third-order valence-corrected chi connectivity index (χ3v) is 10.6. The Morgan fingerprint density at radius 1 is 1.10 bits per heavy atom. The Morgan fingerprint density at radius 3 is 2.60 bits per heavy atom. The van der Waals surface area contributed by atoms with Gasteiger partial charge in [0.15, 0.2) is 0 Å². The molecule has 10 nitrogen and oxygen atoms in total. The van der Waals surface area contributed by atoms with Crippen LogP contribution in [-0.4, -0.2) is 73.5 Å². The molecule has 0 aliphatic carbocycles. The first-order chi connectivity index (χ1) is 19.9. The Hall–Kier alpha value is -3.25. The molecule has 3 N–H and O–H groups in total. The number of carbonyl (C=O) groups is 3. The summed E-state index contributed by atoms with van der Waals surface area (Å²) in [5.41, 5.74) is -4.14. The number of hydrogen-bond donors (Lipinski definition) is 3. The molecule has 1 aromatic carbocycles. The molecule has 6 rings (SSSR count). The van der Waals surface area contributed by atoms with E-state index in [9.17, 15) is 27.7 Å². The number of carbonyl (C=O) groups excluding carboxylic acids is 3. The quantitative estimate of drug-likeness (QED) is 0.357. The zero-order valence-electron chi connectivity index (χ0n) is 22.4. The van der Waals surface area contributed by atoms with Crippen molar-refractivity contribution in [3.63, 3.8) is 0 Å². The molecule has 3 atom stereocenters. The molecule has 3 saturated heterocycles. The number of hydrogen-bond acceptors (Lipinski definition) is 6. The number of amides is 3. The predicted molar refractivity (Wildman–Crippen MR) is 150 cm³/mol. The second-order valence-electron chi connectivity index (χ2n) is 11.1. The van der Waals surface area contributed by atoms with Crippen molar-refractivity contribution in [2.45, 2.75) is 61.8 Å². The summed E-state index contributed by atoms with van der Waals surface area (Å²) in [7, 11) is -5.74. The van der Waals surface area contributed by atoms with Gasteiger partial charge in [-0.2, -0.15) is 8.78 Å². The van der Waals surface area contributed by atoms with Crippen LogP contribution in [0.2, 0.25) is 0 Å². The molecule has 3 fully saturated rings. The minimum absolute atomic E-state index is 0.0674. The predicted octanol–water partition coefficient (Wildman–Crippen LogP) is 3.79. The molecule has 3 aliphatic rings. The van der Waals surface area contributed by atoms with E-state index in [1.165, 1.54) is 12.1 Å². The monoisotopic (exact) mass is 618 g/mol. The maximum absolute atomic E-state index is 14.2. The molecule has 0 bridgehead atoms. The number of benzene rings is 1. The molecule has 222 valence electrons. The van der Waals surface area contributed by atoms with Gasteiger partial charge in [-0.05, 0) is 67.3 Å². The molecule has 42 heavy (non-hydrogen) atoms. The number of aromatic nitrogens is 1. The second-order valence-corrected chi connectivity index (χ2v) is 13.9. The van der Waals surface area contributed by atoms with Gasteiger partial charge >= 0.3 is 13.3 Å². The van der Waals surface area contributed by atoms with Crippen LogP contribution in [0, 0.1) is 0 Å². The van der Waals surface area contributed by atoms with E-state index in [-0.39, 0.29) is 34.0 Å². The fourth-order valence-corrected chi connectivity index (χ4v) is 7.60. The van der Waals surface area contributed by atoms with Gasteiger partial charge in [0.25, 0.3) is 5.91 Å². The van der Waals surface area contributed by atoms with E-state index in [1.807, 2.05) is 12.1 Å². The maximum atomic E-state index is 14.2. The summed E-state index contributed by atoms with van der Waals surface area (Å²) in [4.78, 5) is 66.3. The van der Waals surface area contributed by atoms with Gasteiger partial charge in [-0.15, -0.1) is 11.3 Å². The molecule has 0 saturated carbocycles. The first-order valence-electron chi connectivity index (χ1n) is 13.7. The molecular formula is C28H29F2N4O6PS. The number of rotatable bonds is 6. The number of nitrogens with one attached hydrogen (secondary N) is 1. The van der Waals surface area contributed by atoms with Gasteiger partial charge in [0.2, 0.25) is 11.8 Å². The lowest BCUT2D eigenvalue weighted by Crippen LogP contribution is -2.58. The van der Waals surface area contributed by atoms with Crippen LogP contribution in [0.25, 0.3) is 10.1 Å². The Bertz CT molecular complexity index is 1590. The van der Waals surface area contributed by atoms with Crippen LogP contribution in [0.5, 0.6) is 0 Å². The molecule has 3 aliphatic heterocycles. The van der Waals surface area contributed by atoms with Gasteiger partial charge < -0.3 is 24.9 Å². The average molecular weight is 619 g/mol. The van der Waals surface area contributed by atoms with Crippen LogP contribution < -0.4 is 5.32 Å². The van der Waals surface area contributed by atoms with E-state index in [1.54, 1.807) is 22.2 Å². The second kappa shape index (κ2) is 10.8. The number of thiophene rings is 1. The Morgan fingerprint density at radius 2 is 1.88 bits per heavy atom. The highest BCUT2D eigenvalue weighted by Crippen LogP contribution is 2.59. The van der Waals surface area contributed by atoms with Crippen LogP contribution in [0.1, 0.15) is 58.8 Å². The number of fused-ring (bicyclic) bond motifs is 2. The van der Waals surface area contributed by atoms with Crippen LogP contribution >= 0.6 is 18.9 Å². The molecule has 3 amide bonds. The van der Waals surface area contributed by atoms with Crippen molar-refractivity contribution in [1.29, 1.82) is 0 Å². The summed E-state index contributed by atoms with van der Waals surface area (Å²) >= 11 is 1.02. The third-order valence-electron chi connectivity index (χ3n) is 8.48. The highest BCUT2D eigenvalue weighted by molar-refractivity contribution is 7.52. The largest absolute Gasteiger partial charge is 0.399 e. The number of halogens is 2. The van der Waals surface area contributed by atoms with Crippen LogP contribution in [-0.2, 0) is 19.8 Å². The molecule has 2 aromatic heterocycles. The van der Waals surface area contributed by atoms with E-state index in [4.69, 9.17) is 9.79 Å². The molecule has 5 heterocycles. The van der Waals surface area contributed by atoms with Crippen molar-refractivity contribution in [3.8, 4) is 0 Å². The van der Waals surface area contributed by atoms with Crippen LogP contribution in [0.4, 0.5) is 8.78 Å². The summed E-state index contributed by atoms with van der Waals surface area (Å²) < 4.78 is 40.2. The molecule has 1 unspecified atom stereocenters. The lowest BCUT2D eigenvalue weighted by Gasteiger charge is -2.42. The minimum Gasteiger partial charge on any atom is -0.340 e. The van der Waals surface area contributed by atoms with Gasteiger partial charge in [-0.1, -0.05) is 12.1 Å². The fourth-order valence-electron chi connectivity index (χ4n) is 6.17. The van der Waals surface area contributed by atoms with E-state index in [2.05, 4.69) is 10.3 Å². The number of alkyl halides is 2. The maximum Gasteiger partial charge on any atom is 0.399 e. The van der Waals surface area contributed by atoms with Gasteiger partial charge in [-0.25, -0.2) is 0 Å². The summed E-state index contributed by atoms with van der Waals surface area (Å²) in [5, 5.41) is 3.02. The molecule has 3 aromatic rings. The van der Waals surface area contributed by atoms with Gasteiger partial charge in [-0.3, -0.25) is 23.9 Å². The van der Waals surface area contributed by atoms with Gasteiger partial charge in [0.1, 0.15) is 12.1 Å². The Kier molecular flexibility index (Phi) is 7.41. The SMILES string of the molecule is O=C(N[C@H]1CCCC2CC[C@@H](C(=O)N3CC(c4cccnc4)C3)N2C1=O)c1cc2cc(C(F)(F)P(=O)(O)O)ccc2s1.